The molecule has 1 aromatic carbocycles. The normalized spacial score (nSPS) is 14.4. The lowest BCUT2D eigenvalue weighted by atomic mass is 9.94. The molecule has 2 amide bonds. The number of hydrogen-bond donors (Lipinski definition) is 2. The van der Waals surface area contributed by atoms with Gasteiger partial charge in [0.2, 0.25) is 5.91 Å². The number of para-hydroxylation sites is 1. The molecule has 9 nitrogen and oxygen atoms in total. The van der Waals surface area contributed by atoms with Gasteiger partial charge in [-0.05, 0) is 56.4 Å². The zero-order valence-electron chi connectivity index (χ0n) is 21.1. The third kappa shape index (κ3) is 6.49. The lowest BCUT2D eigenvalue weighted by molar-refractivity contribution is -0.116. The number of aryl methyl sites for hydroxylation is 2. The van der Waals surface area contributed by atoms with Gasteiger partial charge in [0.15, 0.2) is 0 Å². The third-order valence-corrected chi connectivity index (χ3v) is 7.44. The van der Waals surface area contributed by atoms with Gasteiger partial charge in [0.25, 0.3) is 0 Å². The number of nitrogens with one attached hydrogen (secondary N) is 2. The van der Waals surface area contributed by atoms with Gasteiger partial charge in [0, 0.05) is 30.5 Å². The molecule has 0 fully saturated rings. The van der Waals surface area contributed by atoms with Crippen LogP contribution in [-0.4, -0.2) is 34.5 Å². The Hall–Kier alpha value is -3.84. The van der Waals surface area contributed by atoms with Gasteiger partial charge in [0.05, 0.1) is 24.4 Å². The van der Waals surface area contributed by atoms with Crippen LogP contribution in [0.15, 0.2) is 36.5 Å². The molecule has 1 aliphatic carbocycles. The smallest absolute Gasteiger partial charge is 0.407 e. The average Bonchev–Trinajstić information content (AvgIpc) is 3.50. The lowest BCUT2D eigenvalue weighted by Crippen LogP contribution is -2.32. The molecule has 2 N–H and O–H groups in total. The number of ether oxygens (including phenoxy) is 2. The summed E-state index contributed by atoms with van der Waals surface area (Å²) in [6, 6.07) is 11.8. The largest absolute Gasteiger partial charge is 0.494 e. The van der Waals surface area contributed by atoms with Crippen LogP contribution in [0, 0.1) is 11.3 Å². The molecule has 10 heteroatoms. The summed E-state index contributed by atoms with van der Waals surface area (Å²) in [5, 5.41) is 20.3. The highest BCUT2D eigenvalue weighted by molar-refractivity contribution is 7.16. The standard InChI is InChI=1S/C27H31N5O4S/c1-3-32-19(13-14-30-32)17-29-27(34)36-20-10-11-21-22(16-28)26(37-24(21)15-20)31-25(33)12-9-18-7-5-6-8-23(18)35-4-2/h5-8,13-14,20H,3-4,9-12,15,17H2,1-2H3,(H,29,34)(H,31,33). The fourth-order valence-corrected chi connectivity index (χ4v) is 5.74. The van der Waals surface area contributed by atoms with Gasteiger partial charge in [0.1, 0.15) is 22.9 Å². The van der Waals surface area contributed by atoms with E-state index >= 15 is 0 Å². The van der Waals surface area contributed by atoms with Crippen LogP contribution in [0.5, 0.6) is 5.75 Å². The molecule has 37 heavy (non-hydrogen) atoms. The van der Waals surface area contributed by atoms with Crippen LogP contribution in [-0.2, 0) is 41.9 Å². The molecule has 0 bridgehead atoms. The maximum Gasteiger partial charge on any atom is 0.407 e. The summed E-state index contributed by atoms with van der Waals surface area (Å²) in [6.45, 7) is 5.55. The van der Waals surface area contributed by atoms with Gasteiger partial charge >= 0.3 is 6.09 Å². The van der Waals surface area contributed by atoms with Crippen LogP contribution in [0.2, 0.25) is 0 Å². The minimum atomic E-state index is -0.477. The van der Waals surface area contributed by atoms with Crippen molar-refractivity contribution >= 4 is 28.3 Å². The maximum absolute atomic E-state index is 12.7. The topological polar surface area (TPSA) is 118 Å². The zero-order chi connectivity index (χ0) is 26.2. The second-order valence-electron chi connectivity index (χ2n) is 8.67. The Morgan fingerprint density at radius 3 is 2.89 bits per heavy atom. The van der Waals surface area contributed by atoms with E-state index in [1.54, 1.807) is 6.20 Å². The van der Waals surface area contributed by atoms with Crippen LogP contribution < -0.4 is 15.4 Å². The second kappa shape index (κ2) is 12.4. The monoisotopic (exact) mass is 521 g/mol. The van der Waals surface area contributed by atoms with E-state index in [0.717, 1.165) is 34.0 Å². The lowest BCUT2D eigenvalue weighted by Gasteiger charge is -2.22. The van der Waals surface area contributed by atoms with E-state index in [1.165, 1.54) is 11.3 Å². The molecular formula is C27H31N5O4S. The highest BCUT2D eigenvalue weighted by atomic mass is 32.1. The Kier molecular flexibility index (Phi) is 8.80. The summed E-state index contributed by atoms with van der Waals surface area (Å²) < 4.78 is 13.1. The van der Waals surface area contributed by atoms with E-state index in [4.69, 9.17) is 9.47 Å². The van der Waals surface area contributed by atoms with Gasteiger partial charge in [-0.25, -0.2) is 4.79 Å². The number of fused-ring (bicyclic) bond motifs is 1. The quantitative estimate of drug-likeness (QED) is 0.403. The van der Waals surface area contributed by atoms with Crippen LogP contribution in [0.1, 0.15) is 54.0 Å². The first-order valence-electron chi connectivity index (χ1n) is 12.5. The molecule has 0 aliphatic heterocycles. The molecule has 194 valence electrons. The van der Waals surface area contributed by atoms with Gasteiger partial charge in [-0.2, -0.15) is 10.4 Å². The van der Waals surface area contributed by atoms with E-state index in [1.807, 2.05) is 48.9 Å². The summed E-state index contributed by atoms with van der Waals surface area (Å²) in [4.78, 5) is 26.1. The van der Waals surface area contributed by atoms with Gasteiger partial charge in [-0.15, -0.1) is 11.3 Å². The predicted molar refractivity (Wildman–Crippen MR) is 141 cm³/mol. The number of anilines is 1. The number of nitriles is 1. The number of nitrogens with zero attached hydrogens (tertiary/aromatic N) is 3. The van der Waals surface area contributed by atoms with Crippen molar-refractivity contribution in [2.24, 2.45) is 0 Å². The Balaban J connectivity index is 1.33. The van der Waals surface area contributed by atoms with Gasteiger partial charge in [-0.3, -0.25) is 9.48 Å². The maximum atomic E-state index is 12.7. The van der Waals surface area contributed by atoms with Crippen molar-refractivity contribution in [1.29, 1.82) is 5.26 Å². The van der Waals surface area contributed by atoms with Crippen molar-refractivity contribution in [2.75, 3.05) is 11.9 Å². The van der Waals surface area contributed by atoms with Gasteiger partial charge < -0.3 is 20.1 Å². The number of thiophene rings is 1. The number of benzene rings is 1. The average molecular weight is 522 g/mol. The summed E-state index contributed by atoms with van der Waals surface area (Å²) in [5.74, 6) is 0.632. The number of carbonyl (C=O) groups excluding carboxylic acids is 2. The van der Waals surface area contributed by atoms with E-state index in [9.17, 15) is 14.9 Å². The highest BCUT2D eigenvalue weighted by Crippen LogP contribution is 2.38. The van der Waals surface area contributed by atoms with Crippen molar-refractivity contribution in [2.45, 2.75) is 65.1 Å². The van der Waals surface area contributed by atoms with Crippen LogP contribution >= 0.6 is 11.3 Å². The Morgan fingerprint density at radius 1 is 1.27 bits per heavy atom. The molecule has 2 aromatic heterocycles. The Labute approximate surface area is 220 Å². The Morgan fingerprint density at radius 2 is 2.11 bits per heavy atom. The molecule has 0 saturated carbocycles. The van der Waals surface area contributed by atoms with Crippen molar-refractivity contribution in [3.05, 3.63) is 63.8 Å². The first kappa shape index (κ1) is 26.2. The first-order valence-corrected chi connectivity index (χ1v) is 13.3. The number of carbonyl (C=O) groups is 2. The summed E-state index contributed by atoms with van der Waals surface area (Å²) >= 11 is 1.39. The van der Waals surface area contributed by atoms with E-state index < -0.39 is 6.09 Å². The number of alkyl carbamates (subject to hydrolysis) is 1. The van der Waals surface area contributed by atoms with Crippen molar-refractivity contribution in [1.82, 2.24) is 15.1 Å². The number of amides is 2. The van der Waals surface area contributed by atoms with Crippen LogP contribution in [0.3, 0.4) is 0 Å². The van der Waals surface area contributed by atoms with Crippen molar-refractivity contribution in [3.63, 3.8) is 0 Å². The van der Waals surface area contributed by atoms with Crippen molar-refractivity contribution < 1.29 is 19.1 Å². The molecule has 0 radical (unpaired) electrons. The number of rotatable bonds is 10. The number of hydrogen-bond acceptors (Lipinski definition) is 7. The molecule has 2 heterocycles. The SMILES string of the molecule is CCOc1ccccc1CCC(=O)Nc1sc2c(c1C#N)CCC(OC(=O)NCc1ccnn1CC)C2. The van der Waals surface area contributed by atoms with E-state index in [2.05, 4.69) is 21.8 Å². The fraction of sp³-hybridized carbons (Fsp3) is 0.407. The summed E-state index contributed by atoms with van der Waals surface area (Å²) in [5.41, 5.74) is 3.34. The van der Waals surface area contributed by atoms with E-state index in [0.29, 0.717) is 49.4 Å². The minimum Gasteiger partial charge on any atom is -0.494 e. The molecule has 1 unspecified atom stereocenters. The van der Waals surface area contributed by atoms with Crippen LogP contribution in [0.4, 0.5) is 9.80 Å². The number of aromatic nitrogens is 2. The molecular weight excluding hydrogens is 490 g/mol. The first-order chi connectivity index (χ1) is 18.0. The molecule has 4 rings (SSSR count). The van der Waals surface area contributed by atoms with Crippen molar-refractivity contribution in [3.8, 4) is 11.8 Å². The predicted octanol–water partition coefficient (Wildman–Crippen LogP) is 4.59. The summed E-state index contributed by atoms with van der Waals surface area (Å²) in [7, 11) is 0. The molecule has 1 aliphatic rings. The molecule has 3 aromatic rings. The second-order valence-corrected chi connectivity index (χ2v) is 9.78. The Bertz CT molecular complexity index is 1290. The molecule has 0 saturated heterocycles. The van der Waals surface area contributed by atoms with E-state index in [-0.39, 0.29) is 18.4 Å². The fourth-order valence-electron chi connectivity index (χ4n) is 4.46. The minimum absolute atomic E-state index is 0.153. The van der Waals surface area contributed by atoms with Gasteiger partial charge in [-0.1, -0.05) is 18.2 Å². The highest BCUT2D eigenvalue weighted by Gasteiger charge is 2.28. The molecule has 0 spiro atoms. The summed E-state index contributed by atoms with van der Waals surface area (Å²) in [6.07, 6.45) is 3.52. The third-order valence-electron chi connectivity index (χ3n) is 6.27. The van der Waals surface area contributed by atoms with Crippen LogP contribution in [0.25, 0.3) is 0 Å². The molecule has 1 atom stereocenters. The zero-order valence-corrected chi connectivity index (χ0v) is 21.9.